The molecule has 0 atom stereocenters. The number of nitrogens with zero attached hydrogens (tertiary/aromatic N) is 3. The van der Waals surface area contributed by atoms with Gasteiger partial charge in [0, 0.05) is 23.7 Å². The first kappa shape index (κ1) is 18.2. The fourth-order valence-electron chi connectivity index (χ4n) is 3.14. The lowest BCUT2D eigenvalue weighted by atomic mass is 10.1. The monoisotopic (exact) mass is 355 g/mol. The lowest BCUT2D eigenvalue weighted by Gasteiger charge is -2.05. The number of unbranched alkanes of at least 4 members (excludes halogenated alkanes) is 5. The molecule has 1 aromatic carbocycles. The van der Waals surface area contributed by atoms with Crippen LogP contribution in [0.15, 0.2) is 39.7 Å². The van der Waals surface area contributed by atoms with E-state index in [0.29, 0.717) is 12.1 Å². The van der Waals surface area contributed by atoms with Crippen LogP contribution in [0.25, 0.3) is 11.0 Å². The quantitative estimate of drug-likeness (QED) is 0.463. The maximum atomic E-state index is 11.8. The lowest BCUT2D eigenvalue weighted by molar-refractivity contribution is 0.473. The van der Waals surface area contributed by atoms with Crippen LogP contribution in [-0.4, -0.2) is 20.1 Å². The van der Waals surface area contributed by atoms with Gasteiger partial charge < -0.3 is 9.52 Å². The fourth-order valence-corrected chi connectivity index (χ4v) is 3.14. The summed E-state index contributed by atoms with van der Waals surface area (Å²) in [6, 6.07) is 6.24. The van der Waals surface area contributed by atoms with Gasteiger partial charge in [-0.15, -0.1) is 5.10 Å². The fraction of sp³-hybridized carbons (Fsp3) is 0.450. The summed E-state index contributed by atoms with van der Waals surface area (Å²) in [6.07, 6.45) is 10.4. The van der Waals surface area contributed by atoms with E-state index in [9.17, 15) is 9.90 Å². The third-order valence-electron chi connectivity index (χ3n) is 4.52. The molecule has 26 heavy (non-hydrogen) atoms. The Morgan fingerprint density at radius 1 is 1.12 bits per heavy atom. The van der Waals surface area contributed by atoms with E-state index in [2.05, 4.69) is 17.2 Å². The Hall–Kier alpha value is -2.63. The summed E-state index contributed by atoms with van der Waals surface area (Å²) in [5.74, 6) is 0.0692. The highest BCUT2D eigenvalue weighted by atomic mass is 16.4. The first-order valence-corrected chi connectivity index (χ1v) is 9.30. The molecule has 2 heterocycles. The minimum atomic E-state index is -0.439. The van der Waals surface area contributed by atoms with Crippen LogP contribution in [0.1, 0.15) is 56.7 Å². The second-order valence-corrected chi connectivity index (χ2v) is 6.70. The van der Waals surface area contributed by atoms with Gasteiger partial charge in [-0.3, -0.25) is 0 Å². The molecule has 0 fully saturated rings. The van der Waals surface area contributed by atoms with Crippen molar-refractivity contribution in [3.05, 3.63) is 52.1 Å². The summed E-state index contributed by atoms with van der Waals surface area (Å²) >= 11 is 0. The summed E-state index contributed by atoms with van der Waals surface area (Å²) in [5.41, 5.74) is 1.71. The van der Waals surface area contributed by atoms with Crippen molar-refractivity contribution >= 4 is 11.0 Å². The van der Waals surface area contributed by atoms with Gasteiger partial charge in [0.15, 0.2) is 0 Å². The molecule has 0 amide bonds. The van der Waals surface area contributed by atoms with Gasteiger partial charge in [-0.2, -0.15) is 0 Å². The van der Waals surface area contributed by atoms with E-state index in [1.165, 1.54) is 44.2 Å². The van der Waals surface area contributed by atoms with Gasteiger partial charge in [0.05, 0.1) is 12.2 Å². The summed E-state index contributed by atoms with van der Waals surface area (Å²) in [6.45, 7) is 2.66. The van der Waals surface area contributed by atoms with Crippen LogP contribution < -0.4 is 5.63 Å². The minimum absolute atomic E-state index is 0.0692. The molecule has 0 radical (unpaired) electrons. The summed E-state index contributed by atoms with van der Waals surface area (Å²) in [7, 11) is 0. The van der Waals surface area contributed by atoms with Crippen LogP contribution >= 0.6 is 0 Å². The zero-order valence-electron chi connectivity index (χ0n) is 15.1. The Morgan fingerprint density at radius 2 is 1.92 bits per heavy atom. The van der Waals surface area contributed by atoms with Crippen molar-refractivity contribution in [1.82, 2.24) is 15.0 Å². The maximum absolute atomic E-state index is 11.8. The van der Waals surface area contributed by atoms with E-state index in [0.717, 1.165) is 29.5 Å². The smallest absolute Gasteiger partial charge is 0.336 e. The zero-order chi connectivity index (χ0) is 18.4. The third-order valence-corrected chi connectivity index (χ3v) is 4.52. The number of rotatable bonds is 9. The first-order valence-electron chi connectivity index (χ1n) is 9.30. The maximum Gasteiger partial charge on any atom is 0.336 e. The van der Waals surface area contributed by atoms with E-state index in [1.54, 1.807) is 16.8 Å². The highest BCUT2D eigenvalue weighted by molar-refractivity contribution is 5.81. The number of aromatic hydroxyl groups is 1. The number of fused-ring (bicyclic) bond motifs is 1. The molecular weight excluding hydrogens is 330 g/mol. The van der Waals surface area contributed by atoms with Crippen molar-refractivity contribution < 1.29 is 9.52 Å². The number of hydrogen-bond donors (Lipinski definition) is 1. The van der Waals surface area contributed by atoms with Crippen LogP contribution in [-0.2, 0) is 13.0 Å². The Bertz CT molecular complexity index is 914. The highest BCUT2D eigenvalue weighted by Gasteiger charge is 2.09. The predicted molar refractivity (Wildman–Crippen MR) is 100 cm³/mol. The van der Waals surface area contributed by atoms with Crippen molar-refractivity contribution in [2.45, 2.75) is 58.4 Å². The number of phenols is 1. The molecule has 6 heteroatoms. The Labute approximate surface area is 152 Å². The van der Waals surface area contributed by atoms with Crippen molar-refractivity contribution in [1.29, 1.82) is 0 Å². The standard InChI is InChI=1S/C20H25N3O3/c1-2-3-4-5-6-7-8-16-14-23(22-21-16)13-15-11-20(25)26-19-12-17(24)9-10-18(15)19/h9-12,14,24H,2-8,13H2,1H3. The number of aromatic nitrogens is 3. The molecule has 6 nitrogen and oxygen atoms in total. The van der Waals surface area contributed by atoms with Crippen molar-refractivity contribution in [3.63, 3.8) is 0 Å². The Morgan fingerprint density at radius 3 is 2.77 bits per heavy atom. The van der Waals surface area contributed by atoms with Crippen LogP contribution in [0.5, 0.6) is 5.75 Å². The largest absolute Gasteiger partial charge is 0.508 e. The van der Waals surface area contributed by atoms with Crippen molar-refractivity contribution in [3.8, 4) is 5.75 Å². The van der Waals surface area contributed by atoms with Gasteiger partial charge in [-0.1, -0.05) is 44.2 Å². The number of hydrogen-bond acceptors (Lipinski definition) is 5. The molecule has 2 aromatic heterocycles. The molecule has 0 bridgehead atoms. The summed E-state index contributed by atoms with van der Waals surface area (Å²) in [5, 5.41) is 18.8. The molecule has 0 aliphatic heterocycles. The number of phenolic OH excluding ortho intramolecular Hbond substituents is 1. The van der Waals surface area contributed by atoms with Crippen molar-refractivity contribution in [2.24, 2.45) is 0 Å². The van der Waals surface area contributed by atoms with Gasteiger partial charge in [-0.25, -0.2) is 9.48 Å². The molecule has 0 spiro atoms. The molecule has 138 valence electrons. The van der Waals surface area contributed by atoms with E-state index < -0.39 is 5.63 Å². The number of aryl methyl sites for hydroxylation is 1. The van der Waals surface area contributed by atoms with E-state index in [-0.39, 0.29) is 5.75 Å². The Balaban J connectivity index is 1.64. The van der Waals surface area contributed by atoms with Gasteiger partial charge in [0.2, 0.25) is 0 Å². The minimum Gasteiger partial charge on any atom is -0.508 e. The van der Waals surface area contributed by atoms with Crippen LogP contribution in [0.3, 0.4) is 0 Å². The molecule has 3 aromatic rings. The highest BCUT2D eigenvalue weighted by Crippen LogP contribution is 2.22. The Kier molecular flexibility index (Phi) is 6.04. The SMILES string of the molecule is CCCCCCCCc1cn(Cc2cc(=O)oc3cc(O)ccc23)nn1. The topological polar surface area (TPSA) is 81.2 Å². The van der Waals surface area contributed by atoms with Gasteiger partial charge in [0.1, 0.15) is 11.3 Å². The zero-order valence-corrected chi connectivity index (χ0v) is 15.1. The van der Waals surface area contributed by atoms with E-state index in [1.807, 2.05) is 6.20 Å². The van der Waals surface area contributed by atoms with E-state index >= 15 is 0 Å². The van der Waals surface area contributed by atoms with E-state index in [4.69, 9.17) is 4.42 Å². The van der Waals surface area contributed by atoms with Gasteiger partial charge in [0.25, 0.3) is 0 Å². The first-order chi connectivity index (χ1) is 12.7. The van der Waals surface area contributed by atoms with Crippen LogP contribution in [0.4, 0.5) is 0 Å². The molecule has 0 unspecified atom stereocenters. The molecule has 1 N–H and O–H groups in total. The molecule has 0 aliphatic carbocycles. The second kappa shape index (κ2) is 8.65. The van der Waals surface area contributed by atoms with Crippen LogP contribution in [0.2, 0.25) is 0 Å². The molecule has 3 rings (SSSR count). The molecular formula is C20H25N3O3. The molecule has 0 aliphatic rings. The van der Waals surface area contributed by atoms with Crippen LogP contribution in [0, 0.1) is 0 Å². The average Bonchev–Trinajstić information content (AvgIpc) is 3.04. The van der Waals surface area contributed by atoms with Crippen molar-refractivity contribution in [2.75, 3.05) is 0 Å². The number of benzene rings is 1. The molecule has 0 saturated carbocycles. The third kappa shape index (κ3) is 4.71. The summed E-state index contributed by atoms with van der Waals surface area (Å²) < 4.78 is 6.90. The van der Waals surface area contributed by atoms with Gasteiger partial charge >= 0.3 is 5.63 Å². The average molecular weight is 355 g/mol. The van der Waals surface area contributed by atoms with Gasteiger partial charge in [-0.05, 0) is 30.5 Å². The molecule has 0 saturated heterocycles. The summed E-state index contributed by atoms with van der Waals surface area (Å²) in [4.78, 5) is 11.8. The second-order valence-electron chi connectivity index (χ2n) is 6.70. The predicted octanol–water partition coefficient (Wildman–Crippen LogP) is 4.04. The normalized spacial score (nSPS) is 11.3. The lowest BCUT2D eigenvalue weighted by Crippen LogP contribution is -2.06.